The standard InChI is InChI=1S/C8H13N3O/c1-5-8(6(2)10-12)7(3)11(4)9-5/h12H,1-4H3. The third kappa shape index (κ3) is 1.20. The third-order valence-electron chi connectivity index (χ3n) is 2.02. The van der Waals surface area contributed by atoms with Gasteiger partial charge in [-0.1, -0.05) is 5.16 Å². The molecular weight excluding hydrogens is 154 g/mol. The number of hydrogen-bond donors (Lipinski definition) is 1. The molecule has 0 atom stereocenters. The Morgan fingerprint density at radius 2 is 2.08 bits per heavy atom. The monoisotopic (exact) mass is 167 g/mol. The van der Waals surface area contributed by atoms with E-state index in [2.05, 4.69) is 10.3 Å². The van der Waals surface area contributed by atoms with E-state index in [0.717, 1.165) is 17.0 Å². The highest BCUT2D eigenvalue weighted by Gasteiger charge is 2.11. The molecule has 1 rings (SSSR count). The third-order valence-corrected chi connectivity index (χ3v) is 2.02. The minimum atomic E-state index is 0.609. The van der Waals surface area contributed by atoms with Gasteiger partial charge in [0, 0.05) is 18.3 Å². The van der Waals surface area contributed by atoms with Gasteiger partial charge in [0.15, 0.2) is 0 Å². The predicted molar refractivity (Wildman–Crippen MR) is 46.7 cm³/mol. The summed E-state index contributed by atoms with van der Waals surface area (Å²) in [5, 5.41) is 16.0. The summed E-state index contributed by atoms with van der Waals surface area (Å²) >= 11 is 0. The summed E-state index contributed by atoms with van der Waals surface area (Å²) in [7, 11) is 1.87. The maximum Gasteiger partial charge on any atom is 0.0873 e. The molecule has 0 fully saturated rings. The minimum absolute atomic E-state index is 0.609. The summed E-state index contributed by atoms with van der Waals surface area (Å²) in [6.07, 6.45) is 0. The van der Waals surface area contributed by atoms with Gasteiger partial charge in [0.2, 0.25) is 0 Å². The summed E-state index contributed by atoms with van der Waals surface area (Å²) in [6, 6.07) is 0. The zero-order valence-electron chi connectivity index (χ0n) is 7.79. The highest BCUT2D eigenvalue weighted by molar-refractivity contribution is 6.00. The topological polar surface area (TPSA) is 50.4 Å². The van der Waals surface area contributed by atoms with E-state index in [4.69, 9.17) is 5.21 Å². The van der Waals surface area contributed by atoms with Crippen molar-refractivity contribution in [1.29, 1.82) is 0 Å². The van der Waals surface area contributed by atoms with E-state index in [1.54, 1.807) is 11.6 Å². The lowest BCUT2D eigenvalue weighted by atomic mass is 10.1. The zero-order chi connectivity index (χ0) is 9.30. The van der Waals surface area contributed by atoms with Crippen molar-refractivity contribution in [2.75, 3.05) is 0 Å². The Morgan fingerprint density at radius 1 is 1.50 bits per heavy atom. The van der Waals surface area contributed by atoms with Gasteiger partial charge in [-0.3, -0.25) is 4.68 Å². The van der Waals surface area contributed by atoms with Crippen molar-refractivity contribution in [2.24, 2.45) is 12.2 Å². The van der Waals surface area contributed by atoms with Crippen molar-refractivity contribution in [3.05, 3.63) is 17.0 Å². The van der Waals surface area contributed by atoms with Crippen LogP contribution in [0.3, 0.4) is 0 Å². The predicted octanol–water partition coefficient (Wildman–Crippen LogP) is 1.24. The zero-order valence-corrected chi connectivity index (χ0v) is 7.79. The van der Waals surface area contributed by atoms with Crippen LogP contribution >= 0.6 is 0 Å². The molecule has 1 aromatic heterocycles. The molecule has 4 nitrogen and oxygen atoms in total. The molecule has 4 heteroatoms. The first-order valence-corrected chi connectivity index (χ1v) is 3.77. The van der Waals surface area contributed by atoms with E-state index in [1.807, 2.05) is 20.9 Å². The van der Waals surface area contributed by atoms with Crippen molar-refractivity contribution >= 4 is 5.71 Å². The van der Waals surface area contributed by atoms with Crippen LogP contribution in [0.2, 0.25) is 0 Å². The molecule has 0 saturated carbocycles. The van der Waals surface area contributed by atoms with Crippen LogP contribution < -0.4 is 0 Å². The number of aromatic nitrogens is 2. The molecule has 0 aliphatic carbocycles. The first-order chi connectivity index (χ1) is 5.57. The molecule has 0 radical (unpaired) electrons. The van der Waals surface area contributed by atoms with E-state index in [1.165, 1.54) is 0 Å². The van der Waals surface area contributed by atoms with Crippen LogP contribution in [0.25, 0.3) is 0 Å². The van der Waals surface area contributed by atoms with Crippen LogP contribution in [0.5, 0.6) is 0 Å². The lowest BCUT2D eigenvalue weighted by molar-refractivity contribution is 0.319. The first-order valence-electron chi connectivity index (χ1n) is 3.77. The summed E-state index contributed by atoms with van der Waals surface area (Å²) < 4.78 is 1.78. The van der Waals surface area contributed by atoms with Gasteiger partial charge >= 0.3 is 0 Å². The molecule has 0 spiro atoms. The maximum absolute atomic E-state index is 8.60. The van der Waals surface area contributed by atoms with Crippen LogP contribution in [-0.4, -0.2) is 20.7 Å². The van der Waals surface area contributed by atoms with Crippen molar-refractivity contribution in [1.82, 2.24) is 9.78 Å². The molecule has 0 saturated heterocycles. The maximum atomic E-state index is 8.60. The summed E-state index contributed by atoms with van der Waals surface area (Å²) in [6.45, 7) is 5.61. The minimum Gasteiger partial charge on any atom is -0.411 e. The Hall–Kier alpha value is -1.32. The quantitative estimate of drug-likeness (QED) is 0.388. The van der Waals surface area contributed by atoms with Gasteiger partial charge in [0.1, 0.15) is 0 Å². The SMILES string of the molecule is CC(=NO)c1c(C)nn(C)c1C. The molecule has 0 amide bonds. The average Bonchev–Trinajstić information content (AvgIpc) is 2.26. The van der Waals surface area contributed by atoms with Crippen molar-refractivity contribution < 1.29 is 5.21 Å². The fourth-order valence-corrected chi connectivity index (χ4v) is 1.35. The number of nitrogens with zero attached hydrogens (tertiary/aromatic N) is 3. The molecule has 66 valence electrons. The largest absolute Gasteiger partial charge is 0.411 e. The van der Waals surface area contributed by atoms with Gasteiger partial charge in [-0.05, 0) is 20.8 Å². The highest BCUT2D eigenvalue weighted by atomic mass is 16.4. The first kappa shape index (κ1) is 8.77. The van der Waals surface area contributed by atoms with Crippen molar-refractivity contribution in [3.8, 4) is 0 Å². The fraction of sp³-hybridized carbons (Fsp3) is 0.500. The summed E-state index contributed by atoms with van der Waals surface area (Å²) in [5.41, 5.74) is 3.45. The molecular formula is C8H13N3O. The lowest BCUT2D eigenvalue weighted by Crippen LogP contribution is -1.99. The Labute approximate surface area is 71.5 Å². The average molecular weight is 167 g/mol. The second kappa shape index (κ2) is 2.97. The Balaban J connectivity index is 3.32. The second-order valence-electron chi connectivity index (χ2n) is 2.85. The normalized spacial score (nSPS) is 12.2. The van der Waals surface area contributed by atoms with E-state index in [0.29, 0.717) is 5.71 Å². The lowest BCUT2D eigenvalue weighted by Gasteiger charge is -1.97. The number of rotatable bonds is 1. The smallest absolute Gasteiger partial charge is 0.0873 e. The second-order valence-corrected chi connectivity index (χ2v) is 2.85. The molecule has 12 heavy (non-hydrogen) atoms. The van der Waals surface area contributed by atoms with Gasteiger partial charge < -0.3 is 5.21 Å². The van der Waals surface area contributed by atoms with Crippen LogP contribution in [0.1, 0.15) is 23.9 Å². The van der Waals surface area contributed by atoms with E-state index in [-0.39, 0.29) is 0 Å². The van der Waals surface area contributed by atoms with E-state index < -0.39 is 0 Å². The number of aryl methyl sites for hydroxylation is 2. The Morgan fingerprint density at radius 3 is 2.42 bits per heavy atom. The van der Waals surface area contributed by atoms with Crippen LogP contribution in [0, 0.1) is 13.8 Å². The van der Waals surface area contributed by atoms with Crippen LogP contribution in [0.15, 0.2) is 5.16 Å². The molecule has 0 aliphatic rings. The van der Waals surface area contributed by atoms with Crippen molar-refractivity contribution in [3.63, 3.8) is 0 Å². The van der Waals surface area contributed by atoms with E-state index in [9.17, 15) is 0 Å². The van der Waals surface area contributed by atoms with Gasteiger partial charge in [0.05, 0.1) is 11.4 Å². The van der Waals surface area contributed by atoms with Gasteiger partial charge in [-0.25, -0.2) is 0 Å². The van der Waals surface area contributed by atoms with Gasteiger partial charge in [-0.15, -0.1) is 0 Å². The Bertz CT molecular complexity index is 325. The van der Waals surface area contributed by atoms with Gasteiger partial charge in [-0.2, -0.15) is 5.10 Å². The molecule has 1 aromatic rings. The van der Waals surface area contributed by atoms with Crippen molar-refractivity contribution in [2.45, 2.75) is 20.8 Å². The van der Waals surface area contributed by atoms with Crippen LogP contribution in [0.4, 0.5) is 0 Å². The summed E-state index contributed by atoms with van der Waals surface area (Å²) in [5.74, 6) is 0. The molecule has 0 unspecified atom stereocenters. The molecule has 0 aromatic carbocycles. The number of hydrogen-bond acceptors (Lipinski definition) is 3. The molecule has 0 aliphatic heterocycles. The van der Waals surface area contributed by atoms with Crippen LogP contribution in [-0.2, 0) is 7.05 Å². The molecule has 1 heterocycles. The Kier molecular flexibility index (Phi) is 2.17. The van der Waals surface area contributed by atoms with E-state index >= 15 is 0 Å². The fourth-order valence-electron chi connectivity index (χ4n) is 1.35. The summed E-state index contributed by atoms with van der Waals surface area (Å²) in [4.78, 5) is 0. The van der Waals surface area contributed by atoms with Gasteiger partial charge in [0.25, 0.3) is 0 Å². The number of oxime groups is 1. The molecule has 0 bridgehead atoms. The molecule has 1 N–H and O–H groups in total. The highest BCUT2D eigenvalue weighted by Crippen LogP contribution is 2.12.